The summed E-state index contributed by atoms with van der Waals surface area (Å²) in [5, 5.41) is 6.95. The van der Waals surface area contributed by atoms with Gasteiger partial charge in [0.1, 0.15) is 0 Å². The molecule has 0 unspecified atom stereocenters. The van der Waals surface area contributed by atoms with Crippen molar-refractivity contribution in [1.82, 2.24) is 10.6 Å². The maximum absolute atomic E-state index is 3.47. The summed E-state index contributed by atoms with van der Waals surface area (Å²) in [5.74, 6) is 5.22. The average Bonchev–Trinajstić information content (AvgIpc) is 2.22. The van der Waals surface area contributed by atoms with Gasteiger partial charge in [-0.1, -0.05) is 0 Å². The van der Waals surface area contributed by atoms with E-state index < -0.39 is 0 Å². The van der Waals surface area contributed by atoms with Crippen molar-refractivity contribution in [3.8, 4) is 0 Å². The highest BCUT2D eigenvalue weighted by Crippen LogP contribution is 2.07. The fraction of sp³-hybridized carbons (Fsp3) is 1.00. The molecule has 0 bridgehead atoms. The van der Waals surface area contributed by atoms with Gasteiger partial charge < -0.3 is 10.6 Å². The standard InChI is InChI=1S/C10H22N2S2/c1-3-11-5-9-13-7-2-8-14-10-6-12-4-1/h11-12H,1-10H2. The van der Waals surface area contributed by atoms with Crippen LogP contribution in [0, 0.1) is 0 Å². The Balaban J connectivity index is 2.00. The zero-order valence-corrected chi connectivity index (χ0v) is 10.5. The highest BCUT2D eigenvalue weighted by Gasteiger charge is 1.94. The third kappa shape index (κ3) is 7.97. The predicted molar refractivity (Wildman–Crippen MR) is 69.6 cm³/mol. The number of nitrogens with one attached hydrogen (secondary N) is 2. The van der Waals surface area contributed by atoms with Crippen molar-refractivity contribution in [3.05, 3.63) is 0 Å². The maximum Gasteiger partial charge on any atom is 0.00581 e. The second-order valence-corrected chi connectivity index (χ2v) is 5.88. The van der Waals surface area contributed by atoms with Gasteiger partial charge in [0.15, 0.2) is 0 Å². The summed E-state index contributed by atoms with van der Waals surface area (Å²) in [5.41, 5.74) is 0. The molecule has 0 aromatic rings. The molecule has 2 nitrogen and oxygen atoms in total. The first kappa shape index (κ1) is 12.7. The van der Waals surface area contributed by atoms with Crippen LogP contribution in [0.25, 0.3) is 0 Å². The largest absolute Gasteiger partial charge is 0.316 e. The van der Waals surface area contributed by atoms with Crippen molar-refractivity contribution in [2.24, 2.45) is 0 Å². The molecule has 0 aliphatic carbocycles. The van der Waals surface area contributed by atoms with Crippen LogP contribution >= 0.6 is 23.5 Å². The van der Waals surface area contributed by atoms with E-state index in [4.69, 9.17) is 0 Å². The van der Waals surface area contributed by atoms with Gasteiger partial charge in [0.05, 0.1) is 0 Å². The van der Waals surface area contributed by atoms with Gasteiger partial charge in [0.2, 0.25) is 0 Å². The highest BCUT2D eigenvalue weighted by atomic mass is 32.2. The fourth-order valence-corrected chi connectivity index (χ4v) is 3.21. The molecule has 1 fully saturated rings. The lowest BCUT2D eigenvalue weighted by Crippen LogP contribution is -2.25. The van der Waals surface area contributed by atoms with Crippen LogP contribution in [-0.2, 0) is 0 Å². The number of hydrogen-bond acceptors (Lipinski definition) is 4. The Morgan fingerprint density at radius 2 is 1.14 bits per heavy atom. The summed E-state index contributed by atoms with van der Waals surface area (Å²) >= 11 is 4.18. The summed E-state index contributed by atoms with van der Waals surface area (Å²) in [7, 11) is 0. The first-order valence-electron chi connectivity index (χ1n) is 5.57. The zero-order chi connectivity index (χ0) is 9.90. The summed E-state index contributed by atoms with van der Waals surface area (Å²) in [4.78, 5) is 0. The van der Waals surface area contributed by atoms with Crippen LogP contribution in [0.1, 0.15) is 12.8 Å². The molecule has 0 amide bonds. The molecule has 14 heavy (non-hydrogen) atoms. The summed E-state index contributed by atoms with van der Waals surface area (Å²) in [6.45, 7) is 4.69. The lowest BCUT2D eigenvalue weighted by atomic mass is 10.4. The third-order valence-corrected chi connectivity index (χ3v) is 4.27. The highest BCUT2D eigenvalue weighted by molar-refractivity contribution is 8.00. The van der Waals surface area contributed by atoms with Gasteiger partial charge in [0, 0.05) is 24.6 Å². The van der Waals surface area contributed by atoms with E-state index in [1.165, 1.54) is 62.0 Å². The van der Waals surface area contributed by atoms with Crippen LogP contribution in [-0.4, -0.2) is 49.2 Å². The first-order chi connectivity index (χ1) is 7.00. The Hall–Kier alpha value is 0.620. The molecule has 0 aromatic heterocycles. The van der Waals surface area contributed by atoms with E-state index in [2.05, 4.69) is 34.2 Å². The monoisotopic (exact) mass is 234 g/mol. The predicted octanol–water partition coefficient (Wildman–Crippen LogP) is 1.43. The quantitative estimate of drug-likeness (QED) is 0.662. The van der Waals surface area contributed by atoms with Gasteiger partial charge in [-0.3, -0.25) is 0 Å². The van der Waals surface area contributed by atoms with Crippen LogP contribution in [0.3, 0.4) is 0 Å². The van der Waals surface area contributed by atoms with Crippen LogP contribution in [0.15, 0.2) is 0 Å². The van der Waals surface area contributed by atoms with Crippen LogP contribution in [0.5, 0.6) is 0 Å². The van der Waals surface area contributed by atoms with Crippen molar-refractivity contribution in [3.63, 3.8) is 0 Å². The van der Waals surface area contributed by atoms with E-state index >= 15 is 0 Å². The molecular weight excluding hydrogens is 212 g/mol. The van der Waals surface area contributed by atoms with E-state index in [0.29, 0.717) is 0 Å². The van der Waals surface area contributed by atoms with Crippen molar-refractivity contribution in [2.45, 2.75) is 12.8 Å². The molecular formula is C10H22N2S2. The molecule has 4 heteroatoms. The molecule has 0 atom stereocenters. The van der Waals surface area contributed by atoms with E-state index in [-0.39, 0.29) is 0 Å². The SMILES string of the molecule is C1CNCCSCCCSCCNC1. The van der Waals surface area contributed by atoms with Crippen molar-refractivity contribution < 1.29 is 0 Å². The van der Waals surface area contributed by atoms with E-state index in [9.17, 15) is 0 Å². The lowest BCUT2D eigenvalue weighted by Gasteiger charge is -2.08. The number of hydrogen-bond donors (Lipinski definition) is 2. The minimum atomic E-state index is 1.17. The Morgan fingerprint density at radius 3 is 1.71 bits per heavy atom. The molecule has 2 N–H and O–H groups in total. The Labute approximate surface area is 96.4 Å². The molecule has 1 rings (SSSR count). The van der Waals surface area contributed by atoms with Crippen LogP contribution < -0.4 is 10.6 Å². The minimum Gasteiger partial charge on any atom is -0.316 e. The summed E-state index contributed by atoms with van der Waals surface area (Å²) in [6, 6.07) is 0. The Kier molecular flexibility index (Phi) is 9.20. The van der Waals surface area contributed by atoms with Gasteiger partial charge >= 0.3 is 0 Å². The smallest absolute Gasteiger partial charge is 0.00581 e. The van der Waals surface area contributed by atoms with E-state index in [0.717, 1.165) is 0 Å². The number of thioether (sulfide) groups is 2. The van der Waals surface area contributed by atoms with Gasteiger partial charge in [-0.25, -0.2) is 0 Å². The van der Waals surface area contributed by atoms with Gasteiger partial charge in [-0.05, 0) is 37.4 Å². The van der Waals surface area contributed by atoms with E-state index in [1.54, 1.807) is 0 Å². The van der Waals surface area contributed by atoms with Crippen LogP contribution in [0.2, 0.25) is 0 Å². The average molecular weight is 234 g/mol. The normalized spacial score (nSPS) is 24.0. The molecule has 84 valence electrons. The maximum atomic E-state index is 3.47. The zero-order valence-electron chi connectivity index (χ0n) is 8.89. The lowest BCUT2D eigenvalue weighted by molar-refractivity contribution is 0.622. The van der Waals surface area contributed by atoms with Gasteiger partial charge in [0.25, 0.3) is 0 Å². The topological polar surface area (TPSA) is 24.1 Å². The van der Waals surface area contributed by atoms with Crippen molar-refractivity contribution >= 4 is 23.5 Å². The molecule has 0 aromatic carbocycles. The third-order valence-electron chi connectivity index (χ3n) is 2.13. The van der Waals surface area contributed by atoms with Crippen molar-refractivity contribution in [2.75, 3.05) is 49.2 Å². The molecule has 0 spiro atoms. The van der Waals surface area contributed by atoms with Gasteiger partial charge in [-0.15, -0.1) is 0 Å². The van der Waals surface area contributed by atoms with Gasteiger partial charge in [-0.2, -0.15) is 23.5 Å². The minimum absolute atomic E-state index is 1.17. The molecule has 1 aliphatic heterocycles. The first-order valence-corrected chi connectivity index (χ1v) is 7.88. The second-order valence-electron chi connectivity index (χ2n) is 3.43. The second kappa shape index (κ2) is 10.1. The number of rotatable bonds is 0. The Morgan fingerprint density at radius 1 is 0.571 bits per heavy atom. The summed E-state index contributed by atoms with van der Waals surface area (Å²) in [6.07, 6.45) is 2.63. The fourth-order valence-electron chi connectivity index (χ4n) is 1.34. The molecule has 1 saturated heterocycles. The van der Waals surface area contributed by atoms with Crippen LogP contribution in [0.4, 0.5) is 0 Å². The Bertz CT molecular complexity index is 69.4. The molecule has 0 radical (unpaired) electrons. The molecule has 1 aliphatic rings. The molecule has 1 heterocycles. The van der Waals surface area contributed by atoms with E-state index in [1.807, 2.05) is 0 Å². The molecule has 0 saturated carbocycles. The summed E-state index contributed by atoms with van der Waals surface area (Å²) < 4.78 is 0. The van der Waals surface area contributed by atoms with Crippen molar-refractivity contribution in [1.29, 1.82) is 0 Å².